The molecule has 0 spiro atoms. The maximum Gasteiger partial charge on any atom is 0.417 e. The van der Waals surface area contributed by atoms with E-state index in [1.54, 1.807) is 9.13 Å². The lowest BCUT2D eigenvalue weighted by Gasteiger charge is -2.28. The number of carboxylic acids is 2. The van der Waals surface area contributed by atoms with Crippen molar-refractivity contribution >= 4 is 34.0 Å². The van der Waals surface area contributed by atoms with Crippen LogP contribution in [0.3, 0.4) is 0 Å². The molecule has 96 heavy (non-hydrogen) atoms. The predicted octanol–water partition coefficient (Wildman–Crippen LogP) is 15.1. The molecule has 0 amide bonds. The number of ether oxygens (including phenoxy) is 4. The molecule has 12 rings (SSSR count). The lowest BCUT2D eigenvalue weighted by Crippen LogP contribution is -2.27. The number of nitrogens with zero attached hydrogens (tertiary/aromatic N) is 8. The van der Waals surface area contributed by atoms with E-state index in [9.17, 15) is 54.9 Å². The Kier molecular flexibility index (Phi) is 18.2. The van der Waals surface area contributed by atoms with Gasteiger partial charge in [0.1, 0.15) is 82.2 Å². The second-order valence-corrected chi connectivity index (χ2v) is 23.9. The summed E-state index contributed by atoms with van der Waals surface area (Å²) in [4.78, 5) is 47.3. The third kappa shape index (κ3) is 13.9. The minimum absolute atomic E-state index is 0.0586. The van der Waals surface area contributed by atoms with E-state index in [0.717, 1.165) is 36.4 Å². The molecule has 2 fully saturated rings. The van der Waals surface area contributed by atoms with Gasteiger partial charge in [0.05, 0.1) is 83.2 Å². The van der Waals surface area contributed by atoms with E-state index in [1.165, 1.54) is 48.5 Å². The average Bonchev–Trinajstić information content (AvgIpc) is 1.54. The number of carboxylic acid groups (broad SMARTS) is 2. The number of aromatic nitrogens is 8. The maximum atomic E-state index is 15.6. The Morgan fingerprint density at radius 1 is 0.510 bits per heavy atom. The number of hydrogen-bond donors (Lipinski definition) is 2. The number of pyridine rings is 4. The van der Waals surface area contributed by atoms with Crippen LogP contribution in [0, 0.1) is 57.4 Å². The highest BCUT2D eigenvalue weighted by Crippen LogP contribution is 2.44. The van der Waals surface area contributed by atoms with Crippen LogP contribution < -0.4 is 9.47 Å². The van der Waals surface area contributed by atoms with Crippen molar-refractivity contribution in [1.82, 2.24) is 39.0 Å². The molecule has 30 heteroatoms. The Balaban J connectivity index is 0.000000195. The number of halogens is 14. The fourth-order valence-electron chi connectivity index (χ4n) is 11.2. The molecule has 0 radical (unpaired) electrons. The summed E-state index contributed by atoms with van der Waals surface area (Å²) in [5, 5.41) is 19.0. The quantitative estimate of drug-likeness (QED) is 0.0866. The highest BCUT2D eigenvalue weighted by atomic mass is 19.4. The van der Waals surface area contributed by atoms with Gasteiger partial charge in [-0.05, 0) is 83.9 Å². The van der Waals surface area contributed by atoms with E-state index < -0.39 is 129 Å². The van der Waals surface area contributed by atoms with Gasteiger partial charge in [0.2, 0.25) is 11.8 Å². The summed E-state index contributed by atoms with van der Waals surface area (Å²) < 4.78 is 223. The molecular weight excluding hydrogens is 1300 g/mol. The molecule has 6 aromatic heterocycles. The zero-order chi connectivity index (χ0) is 69.1. The van der Waals surface area contributed by atoms with E-state index in [0.29, 0.717) is 25.6 Å². The predicted molar refractivity (Wildman–Crippen MR) is 312 cm³/mol. The average molecular weight is 1350 g/mol. The van der Waals surface area contributed by atoms with Crippen LogP contribution >= 0.6 is 0 Å². The number of rotatable bonds is 16. The summed E-state index contributed by atoms with van der Waals surface area (Å²) in [7, 11) is 0. The van der Waals surface area contributed by atoms with Crippen molar-refractivity contribution < 1.29 is 100 Å². The monoisotopic (exact) mass is 1350 g/mol. The van der Waals surface area contributed by atoms with Gasteiger partial charge in [-0.15, -0.1) is 0 Å². The molecule has 8 heterocycles. The number of alkyl halides is 6. The number of benzene rings is 4. The summed E-state index contributed by atoms with van der Waals surface area (Å²) in [6, 6.07) is 15.9. The van der Waals surface area contributed by atoms with Crippen molar-refractivity contribution in [2.75, 3.05) is 26.4 Å². The largest absolute Gasteiger partial charge is 0.478 e. The van der Waals surface area contributed by atoms with Gasteiger partial charge >= 0.3 is 24.3 Å². The highest BCUT2D eigenvalue weighted by Gasteiger charge is 2.42. The van der Waals surface area contributed by atoms with Crippen molar-refractivity contribution in [3.8, 4) is 34.3 Å². The SMILES string of the molecule is CC1(C)COCC1n1c(Cc2cc(F)c(-c3cccc(OCc4ncc(C(F)(F)F)cc4F)n3)cc2F)nc2c(F)cc(C(=O)O)cc21.CC1(C)COCC1n1c(Cc2cc(F)c(-c3cccc(OCc4ncc(C(F)(F)F)cc4F)n3)cc2F)nc2c(F)cc(C(=O)O)cc21. The Labute approximate surface area is 533 Å². The zero-order valence-corrected chi connectivity index (χ0v) is 50.4. The summed E-state index contributed by atoms with van der Waals surface area (Å²) in [5.74, 6) is -10.4. The summed E-state index contributed by atoms with van der Waals surface area (Å²) in [6.45, 7) is 7.56. The van der Waals surface area contributed by atoms with Gasteiger partial charge in [0, 0.05) is 59.3 Å². The molecule has 2 saturated heterocycles. The van der Waals surface area contributed by atoms with Crippen LogP contribution in [0.2, 0.25) is 0 Å². The Morgan fingerprint density at radius 3 is 1.23 bits per heavy atom. The molecule has 2 N–H and O–H groups in total. The van der Waals surface area contributed by atoms with Crippen molar-refractivity contribution in [2.24, 2.45) is 10.8 Å². The Bertz CT molecular complexity index is 4420. The van der Waals surface area contributed by atoms with Crippen LogP contribution in [0.4, 0.5) is 61.5 Å². The Hall–Kier alpha value is -10.1. The molecule has 500 valence electrons. The molecular formula is C66H50F14N8O8. The number of carbonyl (C=O) groups is 2. The third-order valence-corrected chi connectivity index (χ3v) is 16.2. The van der Waals surface area contributed by atoms with Gasteiger partial charge in [-0.25, -0.2) is 64.6 Å². The van der Waals surface area contributed by atoms with Crippen LogP contribution in [0.15, 0.2) is 109 Å². The van der Waals surface area contributed by atoms with E-state index in [2.05, 4.69) is 29.9 Å². The van der Waals surface area contributed by atoms with Gasteiger partial charge in [0.25, 0.3) is 0 Å². The van der Waals surface area contributed by atoms with Gasteiger partial charge in [-0.3, -0.25) is 9.97 Å². The van der Waals surface area contributed by atoms with Crippen LogP contribution in [0.1, 0.15) is 106 Å². The molecule has 0 aliphatic carbocycles. The molecule has 0 saturated carbocycles. The number of fused-ring (bicyclic) bond motifs is 2. The van der Waals surface area contributed by atoms with Crippen molar-refractivity contribution in [3.63, 3.8) is 0 Å². The third-order valence-electron chi connectivity index (χ3n) is 16.2. The summed E-state index contributed by atoms with van der Waals surface area (Å²) in [5.41, 5.74) is -5.72. The molecule has 16 nitrogen and oxygen atoms in total. The van der Waals surface area contributed by atoms with Crippen molar-refractivity contribution in [2.45, 2.75) is 78.2 Å². The maximum absolute atomic E-state index is 15.6. The molecule has 2 atom stereocenters. The Morgan fingerprint density at radius 2 is 0.896 bits per heavy atom. The molecule has 2 aliphatic rings. The summed E-state index contributed by atoms with van der Waals surface area (Å²) in [6.07, 6.45) is -9.20. The first-order chi connectivity index (χ1) is 45.2. The molecule has 4 aromatic carbocycles. The lowest BCUT2D eigenvalue weighted by molar-refractivity contribution is -0.138. The van der Waals surface area contributed by atoms with Gasteiger partial charge in [0.15, 0.2) is 11.6 Å². The first-order valence-corrected chi connectivity index (χ1v) is 28.9. The standard InChI is InChI=1S/2C33H25F7N4O4/c2*1-32(2)15-47-14-27(32)44-26-8-17(31(45)46)7-23(37)30(26)43-28(44)9-16-6-21(35)19(11-20(16)34)24-4-3-5-29(42-24)48-13-25-22(36)10-18(12-41-25)33(38,39)40/h2*3-8,10-12,27H,9,13-15H2,1-2H3,(H,45,46). The van der Waals surface area contributed by atoms with Crippen LogP contribution in [-0.4, -0.2) is 87.6 Å². The number of imidazole rings is 2. The first kappa shape index (κ1) is 67.3. The molecule has 2 unspecified atom stereocenters. The van der Waals surface area contributed by atoms with Crippen molar-refractivity contribution in [3.05, 3.63) is 212 Å². The number of hydrogen-bond acceptors (Lipinski definition) is 12. The van der Waals surface area contributed by atoms with E-state index in [1.807, 2.05) is 27.7 Å². The number of aromatic carboxylic acids is 2. The molecule has 2 aliphatic heterocycles. The lowest BCUT2D eigenvalue weighted by atomic mass is 9.87. The second kappa shape index (κ2) is 25.9. The van der Waals surface area contributed by atoms with Gasteiger partial charge in [-0.1, -0.05) is 39.8 Å². The van der Waals surface area contributed by atoms with Crippen LogP contribution in [0.5, 0.6) is 11.8 Å². The smallest absolute Gasteiger partial charge is 0.417 e. The van der Waals surface area contributed by atoms with E-state index >= 15 is 26.3 Å². The minimum Gasteiger partial charge on any atom is -0.478 e. The van der Waals surface area contributed by atoms with Crippen LogP contribution in [0.25, 0.3) is 44.6 Å². The first-order valence-electron chi connectivity index (χ1n) is 28.9. The second-order valence-electron chi connectivity index (χ2n) is 23.9. The van der Waals surface area contributed by atoms with E-state index in [-0.39, 0.29) is 128 Å². The molecule has 10 aromatic rings. The zero-order valence-electron chi connectivity index (χ0n) is 50.4. The van der Waals surface area contributed by atoms with Crippen molar-refractivity contribution in [1.29, 1.82) is 0 Å². The minimum atomic E-state index is -4.78. The van der Waals surface area contributed by atoms with E-state index in [4.69, 9.17) is 18.9 Å². The van der Waals surface area contributed by atoms with Gasteiger partial charge < -0.3 is 38.3 Å². The fourth-order valence-corrected chi connectivity index (χ4v) is 11.2. The highest BCUT2D eigenvalue weighted by molar-refractivity contribution is 5.94. The fraction of sp³-hybridized carbons (Fsp3) is 0.273. The molecule has 0 bridgehead atoms. The summed E-state index contributed by atoms with van der Waals surface area (Å²) >= 11 is 0. The van der Waals surface area contributed by atoms with Gasteiger partial charge in [-0.2, -0.15) is 26.3 Å². The normalized spacial score (nSPS) is 16.1. The topological polar surface area (TPSA) is 199 Å². The van der Waals surface area contributed by atoms with Crippen LogP contribution in [-0.2, 0) is 47.9 Å².